The van der Waals surface area contributed by atoms with Crippen molar-refractivity contribution in [3.63, 3.8) is 0 Å². The lowest BCUT2D eigenvalue weighted by atomic mass is 9.73. The molecule has 1 aliphatic rings. The molecule has 1 N–H and O–H groups in total. The molecule has 0 aliphatic carbocycles. The lowest BCUT2D eigenvalue weighted by Gasteiger charge is -2.36. The monoisotopic (exact) mass is 371 g/mol. The third kappa shape index (κ3) is 3.86. The number of carbonyl (C=O) groups excluding carboxylic acids is 1. The van der Waals surface area contributed by atoms with Gasteiger partial charge in [0.2, 0.25) is 5.91 Å². The first kappa shape index (κ1) is 19.4. The summed E-state index contributed by atoms with van der Waals surface area (Å²) >= 11 is 0. The van der Waals surface area contributed by atoms with Crippen LogP contribution in [-0.2, 0) is 21.5 Å². The van der Waals surface area contributed by atoms with Crippen molar-refractivity contribution in [1.82, 2.24) is 15.1 Å². The molecule has 1 amide bonds. The third-order valence-electron chi connectivity index (χ3n) is 5.78. The minimum Gasteiger partial charge on any atom is -0.497 e. The number of nitrogens with one attached hydrogen (secondary N) is 1. The Morgan fingerprint density at radius 1 is 1.22 bits per heavy atom. The van der Waals surface area contributed by atoms with Crippen molar-refractivity contribution in [3.8, 4) is 5.75 Å². The minimum atomic E-state index is -0.546. The van der Waals surface area contributed by atoms with Crippen LogP contribution in [0.2, 0.25) is 0 Å². The first-order valence-electron chi connectivity index (χ1n) is 9.49. The van der Waals surface area contributed by atoms with E-state index in [9.17, 15) is 4.79 Å². The first-order chi connectivity index (χ1) is 13.0. The molecule has 6 heteroatoms. The highest BCUT2D eigenvalue weighted by atomic mass is 16.5. The van der Waals surface area contributed by atoms with Crippen molar-refractivity contribution in [2.45, 2.75) is 45.6 Å². The van der Waals surface area contributed by atoms with Crippen molar-refractivity contribution < 1.29 is 14.3 Å². The summed E-state index contributed by atoms with van der Waals surface area (Å²) in [4.78, 5) is 13.2. The van der Waals surface area contributed by atoms with Gasteiger partial charge in [-0.15, -0.1) is 0 Å². The highest BCUT2D eigenvalue weighted by Crippen LogP contribution is 2.36. The van der Waals surface area contributed by atoms with Gasteiger partial charge in [-0.05, 0) is 56.9 Å². The van der Waals surface area contributed by atoms with Gasteiger partial charge in [0.05, 0.1) is 24.8 Å². The maximum atomic E-state index is 13.2. The van der Waals surface area contributed by atoms with E-state index in [4.69, 9.17) is 9.47 Å². The largest absolute Gasteiger partial charge is 0.497 e. The van der Waals surface area contributed by atoms with Crippen LogP contribution in [0, 0.1) is 20.8 Å². The van der Waals surface area contributed by atoms with E-state index in [1.165, 1.54) is 5.56 Å². The molecule has 0 bridgehead atoms. The van der Waals surface area contributed by atoms with Crippen molar-refractivity contribution >= 4 is 5.91 Å². The summed E-state index contributed by atoms with van der Waals surface area (Å²) in [7, 11) is 1.65. The smallest absolute Gasteiger partial charge is 0.230 e. The minimum absolute atomic E-state index is 0.0641. The topological polar surface area (TPSA) is 65.4 Å². The van der Waals surface area contributed by atoms with E-state index in [1.54, 1.807) is 7.11 Å². The van der Waals surface area contributed by atoms with Crippen LogP contribution in [0.15, 0.2) is 24.3 Å². The number of benzene rings is 1. The van der Waals surface area contributed by atoms with Crippen molar-refractivity contribution in [3.05, 3.63) is 46.8 Å². The van der Waals surface area contributed by atoms with Crippen molar-refractivity contribution in [2.75, 3.05) is 26.9 Å². The van der Waals surface area contributed by atoms with Gasteiger partial charge >= 0.3 is 0 Å². The van der Waals surface area contributed by atoms with E-state index < -0.39 is 5.41 Å². The SMILES string of the molecule is COc1ccc(C2(C(=O)NCCn3nc(C)c(C)c3C)CCOCC2)cc1. The number of carbonyl (C=O) groups is 1. The highest BCUT2D eigenvalue weighted by molar-refractivity contribution is 5.88. The van der Waals surface area contributed by atoms with Gasteiger partial charge in [0.15, 0.2) is 0 Å². The second kappa shape index (κ2) is 8.13. The molecule has 6 nitrogen and oxygen atoms in total. The fourth-order valence-corrected chi connectivity index (χ4v) is 3.73. The molecule has 0 spiro atoms. The molecule has 0 radical (unpaired) electrons. The van der Waals surface area contributed by atoms with Crippen LogP contribution in [-0.4, -0.2) is 42.6 Å². The molecule has 1 saturated heterocycles. The molecule has 1 fully saturated rings. The summed E-state index contributed by atoms with van der Waals surface area (Å²) < 4.78 is 12.7. The van der Waals surface area contributed by atoms with E-state index in [-0.39, 0.29) is 5.91 Å². The Labute approximate surface area is 160 Å². The van der Waals surface area contributed by atoms with E-state index in [1.807, 2.05) is 35.9 Å². The molecule has 0 unspecified atom stereocenters. The Morgan fingerprint density at radius 2 is 1.89 bits per heavy atom. The first-order valence-corrected chi connectivity index (χ1v) is 9.49. The van der Waals surface area contributed by atoms with Crippen LogP contribution in [0.1, 0.15) is 35.4 Å². The average Bonchev–Trinajstić information content (AvgIpc) is 2.95. The standard InChI is InChI=1S/C21H29N3O3/c1-15-16(2)23-24(17(15)3)12-11-22-20(25)21(9-13-27-14-10-21)18-5-7-19(26-4)8-6-18/h5-8H,9-14H2,1-4H3,(H,22,25). The predicted octanol–water partition coefficient (Wildman–Crippen LogP) is 2.68. The highest BCUT2D eigenvalue weighted by Gasteiger charge is 2.41. The van der Waals surface area contributed by atoms with E-state index in [2.05, 4.69) is 24.3 Å². The quantitative estimate of drug-likeness (QED) is 0.848. The summed E-state index contributed by atoms with van der Waals surface area (Å²) in [6.45, 7) is 8.56. The van der Waals surface area contributed by atoms with Crippen LogP contribution in [0.25, 0.3) is 0 Å². The number of nitrogens with zero attached hydrogens (tertiary/aromatic N) is 2. The van der Waals surface area contributed by atoms with Gasteiger partial charge in [-0.3, -0.25) is 9.48 Å². The van der Waals surface area contributed by atoms with Gasteiger partial charge in [-0.25, -0.2) is 0 Å². The van der Waals surface area contributed by atoms with Crippen LogP contribution < -0.4 is 10.1 Å². The van der Waals surface area contributed by atoms with Gasteiger partial charge in [-0.2, -0.15) is 5.10 Å². The zero-order chi connectivity index (χ0) is 19.4. The number of amides is 1. The Balaban J connectivity index is 1.72. The summed E-state index contributed by atoms with van der Waals surface area (Å²) in [5.41, 5.74) is 3.87. The molecule has 146 valence electrons. The number of ether oxygens (including phenoxy) is 2. The number of rotatable bonds is 6. The van der Waals surface area contributed by atoms with Crippen molar-refractivity contribution in [2.24, 2.45) is 0 Å². The molecule has 3 rings (SSSR count). The molecule has 27 heavy (non-hydrogen) atoms. The van der Waals surface area contributed by atoms with Crippen LogP contribution >= 0.6 is 0 Å². The van der Waals surface area contributed by atoms with Crippen molar-refractivity contribution in [1.29, 1.82) is 0 Å². The molecule has 2 heterocycles. The number of hydrogen-bond acceptors (Lipinski definition) is 4. The number of methoxy groups -OCH3 is 1. The average molecular weight is 371 g/mol. The number of hydrogen-bond donors (Lipinski definition) is 1. The summed E-state index contributed by atoms with van der Waals surface area (Å²) in [6.07, 6.45) is 1.37. The molecule has 1 aromatic heterocycles. The second-order valence-corrected chi connectivity index (χ2v) is 7.20. The van der Waals surface area contributed by atoms with Crippen LogP contribution in [0.4, 0.5) is 0 Å². The normalized spacial score (nSPS) is 16.1. The Bertz CT molecular complexity index is 790. The fraction of sp³-hybridized carbons (Fsp3) is 0.524. The van der Waals surface area contributed by atoms with E-state index >= 15 is 0 Å². The molecule has 1 aromatic carbocycles. The molecule has 2 aromatic rings. The number of aryl methyl sites for hydroxylation is 1. The Hall–Kier alpha value is -2.34. The lowest BCUT2D eigenvalue weighted by molar-refractivity contribution is -0.130. The zero-order valence-electron chi connectivity index (χ0n) is 16.7. The van der Waals surface area contributed by atoms with Gasteiger partial charge in [-0.1, -0.05) is 12.1 Å². The van der Waals surface area contributed by atoms with Gasteiger partial charge < -0.3 is 14.8 Å². The maximum Gasteiger partial charge on any atom is 0.230 e. The number of aromatic nitrogens is 2. The zero-order valence-corrected chi connectivity index (χ0v) is 16.7. The Kier molecular flexibility index (Phi) is 5.85. The maximum absolute atomic E-state index is 13.2. The van der Waals surface area contributed by atoms with E-state index in [0.717, 1.165) is 22.7 Å². The fourth-order valence-electron chi connectivity index (χ4n) is 3.73. The molecule has 0 saturated carbocycles. The summed E-state index contributed by atoms with van der Waals surface area (Å²) in [5, 5.41) is 7.68. The third-order valence-corrected chi connectivity index (χ3v) is 5.78. The van der Waals surface area contributed by atoms with Gasteiger partial charge in [0.25, 0.3) is 0 Å². The van der Waals surface area contributed by atoms with E-state index in [0.29, 0.717) is 39.1 Å². The Morgan fingerprint density at radius 3 is 2.44 bits per heavy atom. The van der Waals surface area contributed by atoms with Gasteiger partial charge in [0, 0.05) is 25.5 Å². The molecular formula is C21H29N3O3. The second-order valence-electron chi connectivity index (χ2n) is 7.20. The molecule has 1 aliphatic heterocycles. The van der Waals surface area contributed by atoms with Crippen LogP contribution in [0.3, 0.4) is 0 Å². The lowest BCUT2D eigenvalue weighted by Crippen LogP contribution is -2.48. The van der Waals surface area contributed by atoms with Crippen LogP contribution in [0.5, 0.6) is 5.75 Å². The van der Waals surface area contributed by atoms with Gasteiger partial charge in [0.1, 0.15) is 5.75 Å². The molecule has 0 atom stereocenters. The predicted molar refractivity (Wildman–Crippen MR) is 104 cm³/mol. The summed E-state index contributed by atoms with van der Waals surface area (Å²) in [6, 6.07) is 7.82. The molecular weight excluding hydrogens is 342 g/mol. The summed E-state index contributed by atoms with van der Waals surface area (Å²) in [5.74, 6) is 0.857.